The number of hydrogen-bond acceptors (Lipinski definition) is 6. The average Bonchev–Trinajstić information content (AvgIpc) is 2.81. The monoisotopic (exact) mass is 308 g/mol. The summed E-state index contributed by atoms with van der Waals surface area (Å²) in [5, 5.41) is 11.2. The summed E-state index contributed by atoms with van der Waals surface area (Å²) in [5.74, 6) is 0.602. The lowest BCUT2D eigenvalue weighted by molar-refractivity contribution is 0.603. The third-order valence-corrected chi connectivity index (χ3v) is 3.92. The molecule has 0 spiro atoms. The van der Waals surface area contributed by atoms with E-state index in [1.54, 1.807) is 10.8 Å². The first-order chi connectivity index (χ1) is 10.2. The van der Waals surface area contributed by atoms with Crippen molar-refractivity contribution < 1.29 is 0 Å². The van der Waals surface area contributed by atoms with Crippen LogP contribution in [-0.4, -0.2) is 31.3 Å². The van der Waals surface area contributed by atoms with Gasteiger partial charge in [-0.1, -0.05) is 13.8 Å². The molecule has 7 nitrogen and oxygen atoms in total. The molecular formula is C13H20N6OS. The van der Waals surface area contributed by atoms with Gasteiger partial charge in [-0.15, -0.1) is 5.10 Å². The number of hydrogen-bond donors (Lipinski definition) is 2. The van der Waals surface area contributed by atoms with Gasteiger partial charge in [0.05, 0.1) is 0 Å². The van der Waals surface area contributed by atoms with Crippen LogP contribution in [0.25, 0.3) is 0 Å². The Morgan fingerprint density at radius 1 is 1.38 bits per heavy atom. The maximum absolute atomic E-state index is 11.7. The molecule has 2 aromatic rings. The van der Waals surface area contributed by atoms with E-state index < -0.39 is 0 Å². The van der Waals surface area contributed by atoms with Gasteiger partial charge in [-0.25, -0.2) is 19.9 Å². The minimum Gasteiger partial charge on any atom is -0.354 e. The summed E-state index contributed by atoms with van der Waals surface area (Å²) < 4.78 is 1.63. The molecule has 2 N–H and O–H groups in total. The van der Waals surface area contributed by atoms with Crippen molar-refractivity contribution in [3.8, 4) is 0 Å². The number of rotatable bonds is 7. The number of aryl methyl sites for hydroxylation is 1. The number of H-pyrrole nitrogens is 1. The Morgan fingerprint density at radius 2 is 2.19 bits per heavy atom. The van der Waals surface area contributed by atoms with Crippen molar-refractivity contribution in [2.75, 3.05) is 11.9 Å². The fraction of sp³-hybridized carbons (Fsp3) is 0.538. The SMILES string of the molecule is CCCNc1ncc(C)c(Sc2n[nH]c(=O)n2CCC)n1. The second kappa shape index (κ2) is 7.26. The highest BCUT2D eigenvalue weighted by atomic mass is 32.2. The Kier molecular flexibility index (Phi) is 5.38. The highest BCUT2D eigenvalue weighted by Gasteiger charge is 2.12. The molecule has 114 valence electrons. The Balaban J connectivity index is 2.24. The molecule has 0 unspecified atom stereocenters. The van der Waals surface area contributed by atoms with Gasteiger partial charge in [-0.3, -0.25) is 4.57 Å². The van der Waals surface area contributed by atoms with Crippen LogP contribution in [-0.2, 0) is 6.54 Å². The van der Waals surface area contributed by atoms with Gasteiger partial charge < -0.3 is 5.32 Å². The van der Waals surface area contributed by atoms with Gasteiger partial charge in [0.2, 0.25) is 5.95 Å². The standard InChI is InChI=1S/C13H20N6OS/c1-4-6-14-11-15-8-9(3)10(16-11)21-13-18-17-12(20)19(13)7-5-2/h8H,4-7H2,1-3H3,(H,17,20)(H,14,15,16). The van der Waals surface area contributed by atoms with E-state index in [4.69, 9.17) is 0 Å². The van der Waals surface area contributed by atoms with Crippen molar-refractivity contribution >= 4 is 17.7 Å². The molecule has 0 aliphatic heterocycles. The molecule has 0 atom stereocenters. The van der Waals surface area contributed by atoms with E-state index >= 15 is 0 Å². The van der Waals surface area contributed by atoms with Crippen molar-refractivity contribution in [1.29, 1.82) is 0 Å². The second-order valence-electron chi connectivity index (χ2n) is 4.67. The van der Waals surface area contributed by atoms with Crippen LogP contribution in [0.3, 0.4) is 0 Å². The molecule has 0 radical (unpaired) electrons. The van der Waals surface area contributed by atoms with Crippen LogP contribution < -0.4 is 11.0 Å². The summed E-state index contributed by atoms with van der Waals surface area (Å²) in [6.45, 7) is 7.53. The molecule has 0 bridgehead atoms. The first-order valence-electron chi connectivity index (χ1n) is 7.06. The molecule has 2 rings (SSSR count). The molecule has 0 saturated heterocycles. The second-order valence-corrected chi connectivity index (χ2v) is 5.63. The van der Waals surface area contributed by atoms with Crippen LogP contribution in [0.15, 0.2) is 21.2 Å². The van der Waals surface area contributed by atoms with Gasteiger partial charge in [-0.05, 0) is 31.5 Å². The largest absolute Gasteiger partial charge is 0.354 e. The summed E-state index contributed by atoms with van der Waals surface area (Å²) in [5.41, 5.74) is 0.774. The zero-order valence-electron chi connectivity index (χ0n) is 12.5. The molecular weight excluding hydrogens is 288 g/mol. The van der Waals surface area contributed by atoms with E-state index in [-0.39, 0.29) is 5.69 Å². The van der Waals surface area contributed by atoms with Crippen molar-refractivity contribution in [3.63, 3.8) is 0 Å². The van der Waals surface area contributed by atoms with E-state index in [1.165, 1.54) is 11.8 Å². The molecule has 8 heteroatoms. The Bertz CT molecular complexity index is 650. The van der Waals surface area contributed by atoms with Gasteiger partial charge in [0, 0.05) is 24.8 Å². The van der Waals surface area contributed by atoms with E-state index in [1.807, 2.05) is 13.8 Å². The first kappa shape index (κ1) is 15.6. The highest BCUT2D eigenvalue weighted by molar-refractivity contribution is 7.99. The topological polar surface area (TPSA) is 88.5 Å². The fourth-order valence-corrected chi connectivity index (χ4v) is 2.63. The lowest BCUT2D eigenvalue weighted by atomic mass is 10.4. The molecule has 0 fully saturated rings. The van der Waals surface area contributed by atoms with Gasteiger partial charge in [0.25, 0.3) is 0 Å². The molecule has 0 aliphatic rings. The number of aromatic nitrogens is 5. The van der Waals surface area contributed by atoms with Crippen LogP contribution in [0, 0.1) is 6.92 Å². The summed E-state index contributed by atoms with van der Waals surface area (Å²) in [6, 6.07) is 0. The minimum absolute atomic E-state index is 0.185. The Morgan fingerprint density at radius 3 is 2.90 bits per heavy atom. The molecule has 2 heterocycles. The predicted molar refractivity (Wildman–Crippen MR) is 82.8 cm³/mol. The van der Waals surface area contributed by atoms with E-state index in [0.717, 1.165) is 30.0 Å². The number of nitrogens with one attached hydrogen (secondary N) is 2. The van der Waals surface area contributed by atoms with Crippen molar-refractivity contribution in [2.45, 2.75) is 50.3 Å². The Hall–Kier alpha value is -1.83. The Labute approximate surface area is 127 Å². The van der Waals surface area contributed by atoms with E-state index in [0.29, 0.717) is 17.6 Å². The van der Waals surface area contributed by atoms with Gasteiger partial charge in [0.1, 0.15) is 5.03 Å². The van der Waals surface area contributed by atoms with Crippen molar-refractivity contribution in [1.82, 2.24) is 24.7 Å². The number of aromatic amines is 1. The normalized spacial score (nSPS) is 10.8. The summed E-state index contributed by atoms with van der Waals surface area (Å²) in [6.07, 6.45) is 3.66. The number of anilines is 1. The maximum Gasteiger partial charge on any atom is 0.343 e. The third-order valence-electron chi connectivity index (χ3n) is 2.82. The zero-order valence-corrected chi connectivity index (χ0v) is 13.3. The molecule has 0 aromatic carbocycles. The van der Waals surface area contributed by atoms with Gasteiger partial charge in [0.15, 0.2) is 5.16 Å². The summed E-state index contributed by atoms with van der Waals surface area (Å²) >= 11 is 1.38. The van der Waals surface area contributed by atoms with Crippen LogP contribution in [0.2, 0.25) is 0 Å². The summed E-state index contributed by atoms with van der Waals surface area (Å²) in [4.78, 5) is 20.4. The molecule has 0 amide bonds. The van der Waals surface area contributed by atoms with E-state index in [9.17, 15) is 4.79 Å². The fourth-order valence-electron chi connectivity index (χ4n) is 1.74. The zero-order chi connectivity index (χ0) is 15.2. The van der Waals surface area contributed by atoms with Crippen LogP contribution >= 0.6 is 11.8 Å². The lowest BCUT2D eigenvalue weighted by Gasteiger charge is -2.08. The van der Waals surface area contributed by atoms with Crippen LogP contribution in [0.5, 0.6) is 0 Å². The summed E-state index contributed by atoms with van der Waals surface area (Å²) in [7, 11) is 0. The molecule has 0 aliphatic carbocycles. The molecule has 2 aromatic heterocycles. The van der Waals surface area contributed by atoms with E-state index in [2.05, 4.69) is 32.4 Å². The quantitative estimate of drug-likeness (QED) is 0.761. The molecule has 0 saturated carbocycles. The third kappa shape index (κ3) is 3.84. The smallest absolute Gasteiger partial charge is 0.343 e. The average molecular weight is 308 g/mol. The molecule has 21 heavy (non-hydrogen) atoms. The minimum atomic E-state index is -0.185. The van der Waals surface area contributed by atoms with Crippen LogP contribution in [0.1, 0.15) is 32.3 Å². The maximum atomic E-state index is 11.7. The van der Waals surface area contributed by atoms with Gasteiger partial charge in [-0.2, -0.15) is 0 Å². The first-order valence-corrected chi connectivity index (χ1v) is 7.87. The van der Waals surface area contributed by atoms with Crippen LogP contribution in [0.4, 0.5) is 5.95 Å². The lowest BCUT2D eigenvalue weighted by Crippen LogP contribution is -2.17. The highest BCUT2D eigenvalue weighted by Crippen LogP contribution is 2.26. The van der Waals surface area contributed by atoms with Gasteiger partial charge >= 0.3 is 5.69 Å². The van der Waals surface area contributed by atoms with Crippen molar-refractivity contribution in [3.05, 3.63) is 22.2 Å². The van der Waals surface area contributed by atoms with Crippen molar-refractivity contribution in [2.24, 2.45) is 0 Å². The predicted octanol–water partition coefficient (Wildman–Crippen LogP) is 2.05. The number of nitrogens with zero attached hydrogens (tertiary/aromatic N) is 4.